The monoisotopic (exact) mass is 367 g/mol. The van der Waals surface area contributed by atoms with E-state index in [4.69, 9.17) is 0 Å². The Bertz CT molecular complexity index is 753. The first-order valence-electron chi connectivity index (χ1n) is 7.90. The molecule has 0 amide bonds. The van der Waals surface area contributed by atoms with Gasteiger partial charge in [0.05, 0.1) is 0 Å². The topological polar surface area (TPSA) is 12.9 Å². The molecule has 0 saturated carbocycles. The Morgan fingerprint density at radius 2 is 1.70 bits per heavy atom. The van der Waals surface area contributed by atoms with Crippen molar-refractivity contribution in [2.75, 3.05) is 0 Å². The predicted octanol–water partition coefficient (Wildman–Crippen LogP) is 4.28. The Balaban J connectivity index is 1.92. The SMILES string of the molecule is Cc1ccc(C)c([C@@H](C[Se]c2ccccn2)c2ccccc2)c1. The van der Waals surface area contributed by atoms with Gasteiger partial charge in [0, 0.05) is 0 Å². The van der Waals surface area contributed by atoms with E-state index in [1.807, 2.05) is 12.3 Å². The Kier molecular flexibility index (Phi) is 5.27. The molecule has 0 aliphatic carbocycles. The van der Waals surface area contributed by atoms with Gasteiger partial charge in [-0.25, -0.2) is 0 Å². The molecule has 1 aromatic heterocycles. The molecule has 0 radical (unpaired) electrons. The van der Waals surface area contributed by atoms with E-state index < -0.39 is 0 Å². The van der Waals surface area contributed by atoms with Crippen LogP contribution in [0.3, 0.4) is 0 Å². The van der Waals surface area contributed by atoms with Crippen LogP contribution < -0.4 is 4.59 Å². The van der Waals surface area contributed by atoms with E-state index in [0.717, 1.165) is 5.32 Å². The third kappa shape index (κ3) is 4.10. The summed E-state index contributed by atoms with van der Waals surface area (Å²) in [5, 5.41) is 1.14. The minimum atomic E-state index is 0.373. The molecule has 116 valence electrons. The molecule has 0 aliphatic rings. The van der Waals surface area contributed by atoms with E-state index >= 15 is 0 Å². The molecule has 0 spiro atoms. The minimum absolute atomic E-state index is 0.373. The van der Waals surface area contributed by atoms with Crippen molar-refractivity contribution in [1.29, 1.82) is 0 Å². The average molecular weight is 366 g/mol. The van der Waals surface area contributed by atoms with E-state index in [1.165, 1.54) is 26.8 Å². The number of aromatic nitrogens is 1. The van der Waals surface area contributed by atoms with Crippen LogP contribution in [0.2, 0.25) is 5.32 Å². The summed E-state index contributed by atoms with van der Waals surface area (Å²) in [5.41, 5.74) is 5.56. The first-order chi connectivity index (χ1) is 11.2. The normalized spacial score (nSPS) is 12.1. The Hall–Kier alpha value is -1.89. The maximum atomic E-state index is 4.51. The van der Waals surface area contributed by atoms with Gasteiger partial charge in [-0.3, -0.25) is 0 Å². The average Bonchev–Trinajstić information content (AvgIpc) is 2.60. The van der Waals surface area contributed by atoms with Gasteiger partial charge >= 0.3 is 145 Å². The number of rotatable bonds is 5. The predicted molar refractivity (Wildman–Crippen MR) is 98.6 cm³/mol. The molecule has 1 nitrogen and oxygen atoms in total. The van der Waals surface area contributed by atoms with Crippen LogP contribution in [-0.2, 0) is 0 Å². The van der Waals surface area contributed by atoms with E-state index in [1.54, 1.807) is 0 Å². The number of aryl methyl sites for hydroxylation is 2. The summed E-state index contributed by atoms with van der Waals surface area (Å²) in [5.74, 6) is 0.443. The van der Waals surface area contributed by atoms with Gasteiger partial charge in [-0.05, 0) is 0 Å². The molecule has 3 rings (SSSR count). The molecular weight excluding hydrogens is 345 g/mol. The summed E-state index contributed by atoms with van der Waals surface area (Å²) in [6.45, 7) is 4.40. The van der Waals surface area contributed by atoms with Gasteiger partial charge in [-0.15, -0.1) is 0 Å². The second-order valence-electron chi connectivity index (χ2n) is 5.80. The molecule has 0 aliphatic heterocycles. The molecule has 23 heavy (non-hydrogen) atoms. The van der Waals surface area contributed by atoms with Gasteiger partial charge in [0.15, 0.2) is 0 Å². The standard InChI is InChI=1S/C21H21NSe/c1-16-11-12-17(2)19(14-16)20(18-8-4-3-5-9-18)15-23-21-10-6-7-13-22-21/h3-14,20H,15H2,1-2H3/t20-/m0/s1. The van der Waals surface area contributed by atoms with Crippen molar-refractivity contribution in [2.24, 2.45) is 0 Å². The second kappa shape index (κ2) is 7.59. The first kappa shape index (κ1) is 16.0. The van der Waals surface area contributed by atoms with Crippen LogP contribution >= 0.6 is 0 Å². The fourth-order valence-electron chi connectivity index (χ4n) is 2.79. The maximum absolute atomic E-state index is 4.51. The van der Waals surface area contributed by atoms with E-state index in [-0.39, 0.29) is 0 Å². The molecular formula is C21H21NSe. The molecule has 3 aromatic rings. The number of pyridine rings is 1. The van der Waals surface area contributed by atoms with Gasteiger partial charge in [0.25, 0.3) is 0 Å². The van der Waals surface area contributed by atoms with Crippen molar-refractivity contribution in [3.05, 3.63) is 95.2 Å². The molecule has 0 saturated heterocycles. The molecule has 0 fully saturated rings. The summed E-state index contributed by atoms with van der Waals surface area (Å²) in [6.07, 6.45) is 1.90. The Morgan fingerprint density at radius 1 is 0.913 bits per heavy atom. The number of hydrogen-bond donors (Lipinski definition) is 0. The van der Waals surface area contributed by atoms with Crippen LogP contribution in [-0.4, -0.2) is 19.9 Å². The second-order valence-corrected chi connectivity index (χ2v) is 7.98. The zero-order valence-corrected chi connectivity index (χ0v) is 15.3. The zero-order chi connectivity index (χ0) is 16.1. The zero-order valence-electron chi connectivity index (χ0n) is 13.6. The van der Waals surface area contributed by atoms with Crippen LogP contribution in [0.5, 0.6) is 0 Å². The van der Waals surface area contributed by atoms with Gasteiger partial charge in [0.2, 0.25) is 0 Å². The van der Waals surface area contributed by atoms with Crippen molar-refractivity contribution in [2.45, 2.75) is 25.1 Å². The third-order valence-corrected chi connectivity index (χ3v) is 6.22. The van der Waals surface area contributed by atoms with Crippen molar-refractivity contribution in [3.8, 4) is 0 Å². The molecule has 0 unspecified atom stereocenters. The summed E-state index contributed by atoms with van der Waals surface area (Å²) in [7, 11) is 0. The van der Waals surface area contributed by atoms with Crippen LogP contribution in [0.25, 0.3) is 0 Å². The molecule has 1 atom stereocenters. The molecule has 0 bridgehead atoms. The van der Waals surface area contributed by atoms with E-state index in [2.05, 4.69) is 79.5 Å². The van der Waals surface area contributed by atoms with Crippen LogP contribution in [0.4, 0.5) is 0 Å². The fraction of sp³-hybridized carbons (Fsp3) is 0.190. The van der Waals surface area contributed by atoms with Crippen LogP contribution in [0, 0.1) is 13.8 Å². The van der Waals surface area contributed by atoms with Gasteiger partial charge in [-0.2, -0.15) is 0 Å². The molecule has 2 aromatic carbocycles. The Morgan fingerprint density at radius 3 is 2.43 bits per heavy atom. The van der Waals surface area contributed by atoms with Gasteiger partial charge < -0.3 is 0 Å². The molecule has 2 heteroatoms. The molecule has 0 N–H and O–H groups in total. The van der Waals surface area contributed by atoms with E-state index in [9.17, 15) is 0 Å². The number of nitrogens with zero attached hydrogens (tertiary/aromatic N) is 1. The molecule has 1 heterocycles. The summed E-state index contributed by atoms with van der Waals surface area (Å²) < 4.78 is 1.23. The van der Waals surface area contributed by atoms with Crippen molar-refractivity contribution in [1.82, 2.24) is 4.98 Å². The summed E-state index contributed by atoms with van der Waals surface area (Å²) in [6, 6.07) is 23.9. The number of benzene rings is 2. The summed E-state index contributed by atoms with van der Waals surface area (Å²) in [4.78, 5) is 4.51. The Labute approximate surface area is 145 Å². The third-order valence-electron chi connectivity index (χ3n) is 4.05. The van der Waals surface area contributed by atoms with Crippen molar-refractivity contribution in [3.63, 3.8) is 0 Å². The number of hydrogen-bond acceptors (Lipinski definition) is 1. The van der Waals surface area contributed by atoms with Crippen molar-refractivity contribution < 1.29 is 0 Å². The van der Waals surface area contributed by atoms with Crippen molar-refractivity contribution >= 4 is 19.5 Å². The van der Waals surface area contributed by atoms with E-state index in [0.29, 0.717) is 20.9 Å². The quantitative estimate of drug-likeness (QED) is 0.615. The van der Waals surface area contributed by atoms with Gasteiger partial charge in [-0.1, -0.05) is 0 Å². The van der Waals surface area contributed by atoms with Gasteiger partial charge in [0.1, 0.15) is 0 Å². The summed E-state index contributed by atoms with van der Waals surface area (Å²) >= 11 is 0.373. The van der Waals surface area contributed by atoms with Crippen LogP contribution in [0.15, 0.2) is 72.9 Å². The first-order valence-corrected chi connectivity index (χ1v) is 9.97. The fourth-order valence-corrected chi connectivity index (χ4v) is 4.93. The van der Waals surface area contributed by atoms with Crippen LogP contribution in [0.1, 0.15) is 28.2 Å².